The van der Waals surface area contributed by atoms with Crippen LogP contribution in [0.25, 0.3) is 0 Å². The van der Waals surface area contributed by atoms with E-state index in [0.29, 0.717) is 26.2 Å². The molecule has 8 heteroatoms. The van der Waals surface area contributed by atoms with Crippen LogP contribution in [-0.4, -0.2) is 37.3 Å². The number of hydrogen-bond acceptors (Lipinski definition) is 2. The first-order valence-electron chi connectivity index (χ1n) is 6.94. The van der Waals surface area contributed by atoms with E-state index in [-0.39, 0.29) is 16.5 Å². The van der Waals surface area contributed by atoms with Gasteiger partial charge in [-0.3, -0.25) is 4.90 Å². The van der Waals surface area contributed by atoms with Crippen LogP contribution in [-0.2, 0) is 0 Å². The molecule has 1 aliphatic rings. The Morgan fingerprint density at radius 3 is 2.41 bits per heavy atom. The Bertz CT molecular complexity index is 515. The van der Waals surface area contributed by atoms with Crippen molar-refractivity contribution >= 4 is 15.9 Å². The first kappa shape index (κ1) is 17.6. The zero-order valence-corrected chi connectivity index (χ0v) is 13.3. The van der Waals surface area contributed by atoms with Gasteiger partial charge in [0.2, 0.25) is 0 Å². The van der Waals surface area contributed by atoms with Gasteiger partial charge in [0, 0.05) is 44.2 Å². The summed E-state index contributed by atoms with van der Waals surface area (Å²) in [5.41, 5.74) is -0.291. The van der Waals surface area contributed by atoms with E-state index >= 15 is 0 Å². The number of benzene rings is 1. The minimum atomic E-state index is -4.36. The third-order valence-corrected chi connectivity index (χ3v) is 4.32. The van der Waals surface area contributed by atoms with E-state index < -0.39 is 30.3 Å². The summed E-state index contributed by atoms with van der Waals surface area (Å²) >= 11 is 2.97. The van der Waals surface area contributed by atoms with Gasteiger partial charge in [-0.15, -0.1) is 0 Å². The second-order valence-electron chi connectivity index (χ2n) is 5.21. The molecule has 1 aliphatic heterocycles. The number of hydrogen-bond donors (Lipinski definition) is 1. The summed E-state index contributed by atoms with van der Waals surface area (Å²) in [6.45, 7) is 2.07. The van der Waals surface area contributed by atoms with Crippen molar-refractivity contribution in [3.05, 3.63) is 33.8 Å². The lowest BCUT2D eigenvalue weighted by Crippen LogP contribution is -2.45. The van der Waals surface area contributed by atoms with Crippen LogP contribution in [0.3, 0.4) is 0 Å². The lowest BCUT2D eigenvalue weighted by molar-refractivity contribution is -0.138. The zero-order valence-electron chi connectivity index (χ0n) is 11.7. The zero-order chi connectivity index (χ0) is 16.3. The van der Waals surface area contributed by atoms with Crippen LogP contribution < -0.4 is 5.32 Å². The number of rotatable bonds is 4. The van der Waals surface area contributed by atoms with Crippen molar-refractivity contribution in [3.63, 3.8) is 0 Å². The molecule has 0 aromatic heterocycles. The van der Waals surface area contributed by atoms with Crippen molar-refractivity contribution in [2.75, 3.05) is 26.2 Å². The third kappa shape index (κ3) is 4.39. The number of nitrogens with zero attached hydrogens (tertiary/aromatic N) is 1. The molecule has 1 N–H and O–H groups in total. The standard InChI is InChI=1S/C14H16BrF5N2/c15-9-1-2-10(16)12(13(9)17)11(3-4-14(18,19)20)22-7-5-21-6-8-22/h1-2,11,21H,3-8H2/t11-/m0/s1. The van der Waals surface area contributed by atoms with Crippen molar-refractivity contribution in [1.82, 2.24) is 10.2 Å². The highest BCUT2D eigenvalue weighted by atomic mass is 79.9. The number of alkyl halides is 3. The average molecular weight is 387 g/mol. The van der Waals surface area contributed by atoms with E-state index in [1.807, 2.05) is 0 Å². The first-order valence-corrected chi connectivity index (χ1v) is 7.74. The molecule has 0 aliphatic carbocycles. The normalized spacial score (nSPS) is 18.5. The maximum atomic E-state index is 14.3. The van der Waals surface area contributed by atoms with Crippen molar-refractivity contribution < 1.29 is 22.0 Å². The van der Waals surface area contributed by atoms with Crippen molar-refractivity contribution in [3.8, 4) is 0 Å². The van der Waals surface area contributed by atoms with E-state index in [1.54, 1.807) is 4.90 Å². The monoisotopic (exact) mass is 386 g/mol. The molecule has 0 unspecified atom stereocenters. The molecule has 0 saturated carbocycles. The second-order valence-corrected chi connectivity index (χ2v) is 6.07. The van der Waals surface area contributed by atoms with Crippen molar-refractivity contribution in [2.24, 2.45) is 0 Å². The lowest BCUT2D eigenvalue weighted by atomic mass is 9.98. The van der Waals surface area contributed by atoms with Gasteiger partial charge in [0.25, 0.3) is 0 Å². The Kier molecular flexibility index (Phi) is 5.79. The minimum absolute atomic E-state index is 0.0519. The van der Waals surface area contributed by atoms with Crippen molar-refractivity contribution in [2.45, 2.75) is 25.1 Å². The molecule has 124 valence electrons. The van der Waals surface area contributed by atoms with Gasteiger partial charge in [0.1, 0.15) is 11.6 Å². The van der Waals surface area contributed by atoms with Gasteiger partial charge >= 0.3 is 6.18 Å². The van der Waals surface area contributed by atoms with Crippen LogP contribution in [0.5, 0.6) is 0 Å². The molecule has 1 aromatic carbocycles. The van der Waals surface area contributed by atoms with E-state index in [2.05, 4.69) is 21.2 Å². The second kappa shape index (κ2) is 7.23. The van der Waals surface area contributed by atoms with Gasteiger partial charge in [-0.2, -0.15) is 13.2 Å². The Hall–Kier alpha value is -0.730. The van der Waals surface area contributed by atoms with Crippen LogP contribution in [0.1, 0.15) is 24.4 Å². The quantitative estimate of drug-likeness (QED) is 0.621. The molecule has 1 fully saturated rings. The molecule has 1 atom stereocenters. The van der Waals surface area contributed by atoms with Crippen LogP contribution in [0.4, 0.5) is 22.0 Å². The summed E-state index contributed by atoms with van der Waals surface area (Å²) in [6, 6.07) is 1.36. The highest BCUT2D eigenvalue weighted by Crippen LogP contribution is 2.36. The molecule has 1 aromatic rings. The molecule has 0 spiro atoms. The molecule has 2 rings (SSSR count). The molecule has 1 heterocycles. The van der Waals surface area contributed by atoms with Gasteiger partial charge in [-0.25, -0.2) is 8.78 Å². The van der Waals surface area contributed by atoms with Crippen LogP contribution in [0.2, 0.25) is 0 Å². The smallest absolute Gasteiger partial charge is 0.314 e. The first-order chi connectivity index (χ1) is 10.3. The molecule has 1 saturated heterocycles. The third-order valence-electron chi connectivity index (χ3n) is 3.71. The van der Waals surface area contributed by atoms with E-state index in [1.165, 1.54) is 6.07 Å². The highest BCUT2D eigenvalue weighted by molar-refractivity contribution is 9.10. The van der Waals surface area contributed by atoms with E-state index in [0.717, 1.165) is 6.07 Å². The Morgan fingerprint density at radius 1 is 1.18 bits per heavy atom. The van der Waals surface area contributed by atoms with E-state index in [4.69, 9.17) is 0 Å². The molecule has 0 radical (unpaired) electrons. The molecule has 2 nitrogen and oxygen atoms in total. The average Bonchev–Trinajstić information content (AvgIpc) is 2.46. The SMILES string of the molecule is Fc1ccc(Br)c(F)c1[C@H](CCC(F)(F)F)N1CCNCC1. The fourth-order valence-corrected chi connectivity index (χ4v) is 3.00. The minimum Gasteiger partial charge on any atom is -0.314 e. The number of halogens is 6. The molecule has 22 heavy (non-hydrogen) atoms. The summed E-state index contributed by atoms with van der Waals surface area (Å²) < 4.78 is 66.1. The summed E-state index contributed by atoms with van der Waals surface area (Å²) in [7, 11) is 0. The highest BCUT2D eigenvalue weighted by Gasteiger charge is 2.34. The number of piperazine rings is 1. The summed E-state index contributed by atoms with van der Waals surface area (Å²) in [5.74, 6) is -1.64. The van der Waals surface area contributed by atoms with Crippen LogP contribution in [0, 0.1) is 11.6 Å². The molecule has 0 bridgehead atoms. The molecular weight excluding hydrogens is 371 g/mol. The predicted octanol–water partition coefficient (Wildman–Crippen LogP) is 4.02. The van der Waals surface area contributed by atoms with Gasteiger partial charge in [0.15, 0.2) is 0 Å². The molecule has 0 amide bonds. The molecular formula is C14H16BrF5N2. The largest absolute Gasteiger partial charge is 0.389 e. The van der Waals surface area contributed by atoms with Crippen LogP contribution >= 0.6 is 15.9 Å². The van der Waals surface area contributed by atoms with Crippen LogP contribution in [0.15, 0.2) is 16.6 Å². The summed E-state index contributed by atoms with van der Waals surface area (Å²) in [6.07, 6.45) is -5.80. The Balaban J connectivity index is 2.32. The van der Waals surface area contributed by atoms with Gasteiger partial charge in [-0.05, 0) is 34.5 Å². The lowest BCUT2D eigenvalue weighted by Gasteiger charge is -2.35. The topological polar surface area (TPSA) is 15.3 Å². The number of nitrogens with one attached hydrogen (secondary N) is 1. The summed E-state index contributed by atoms with van der Waals surface area (Å²) in [5, 5.41) is 3.07. The summed E-state index contributed by atoms with van der Waals surface area (Å²) in [4.78, 5) is 1.70. The Morgan fingerprint density at radius 2 is 1.82 bits per heavy atom. The Labute approximate surface area is 133 Å². The van der Waals surface area contributed by atoms with Gasteiger partial charge in [0.05, 0.1) is 4.47 Å². The van der Waals surface area contributed by atoms with Gasteiger partial charge < -0.3 is 5.32 Å². The van der Waals surface area contributed by atoms with Crippen molar-refractivity contribution in [1.29, 1.82) is 0 Å². The van der Waals surface area contributed by atoms with E-state index in [9.17, 15) is 22.0 Å². The fraction of sp³-hybridized carbons (Fsp3) is 0.571. The van der Waals surface area contributed by atoms with Gasteiger partial charge in [-0.1, -0.05) is 0 Å². The predicted molar refractivity (Wildman–Crippen MR) is 76.5 cm³/mol. The maximum absolute atomic E-state index is 14.3. The maximum Gasteiger partial charge on any atom is 0.389 e. The fourth-order valence-electron chi connectivity index (χ4n) is 2.65.